The van der Waals surface area contributed by atoms with E-state index >= 15 is 0 Å². The summed E-state index contributed by atoms with van der Waals surface area (Å²) in [5, 5.41) is 0. The lowest BCUT2D eigenvalue weighted by Crippen LogP contribution is -3.27. The molecule has 0 amide bonds. The lowest BCUT2D eigenvalue weighted by molar-refractivity contribution is -1.02. The molecule has 0 spiro atoms. The number of ether oxygens (including phenoxy) is 1. The molecule has 1 fully saturated rings. The van der Waals surface area contributed by atoms with E-state index in [1.54, 1.807) is 9.80 Å². The van der Waals surface area contributed by atoms with E-state index in [1.165, 1.54) is 44.4 Å². The summed E-state index contributed by atoms with van der Waals surface area (Å²) < 4.78 is 4.75. The summed E-state index contributed by atoms with van der Waals surface area (Å²) in [7, 11) is 1.41. The molecule has 2 N–H and O–H groups in total. The van der Waals surface area contributed by atoms with Gasteiger partial charge in [0.25, 0.3) is 0 Å². The van der Waals surface area contributed by atoms with Gasteiger partial charge >= 0.3 is 5.97 Å². The Morgan fingerprint density at radius 2 is 1.62 bits per heavy atom. The summed E-state index contributed by atoms with van der Waals surface area (Å²) in [4.78, 5) is 14.8. The number of esters is 1. The fourth-order valence-corrected chi connectivity index (χ4v) is 3.43. The Bertz CT molecular complexity index is 718. The Balaban J connectivity index is 1.42. The highest BCUT2D eigenvalue weighted by atomic mass is 16.5. The molecule has 0 atom stereocenters. The smallest absolute Gasteiger partial charge is 0.337 e. The normalized spacial score (nSPS) is 20.2. The van der Waals surface area contributed by atoms with Crippen LogP contribution in [0.1, 0.15) is 21.5 Å². The maximum atomic E-state index is 11.5. The van der Waals surface area contributed by atoms with Crippen molar-refractivity contribution < 1.29 is 19.3 Å². The van der Waals surface area contributed by atoms with Gasteiger partial charge in [0.05, 0.1) is 19.2 Å². The predicted octanol–water partition coefficient (Wildman–Crippen LogP) is 0.470. The fraction of sp³-hybridized carbons (Fsp3) is 0.318. The van der Waals surface area contributed by atoms with Crippen LogP contribution in [-0.4, -0.2) is 45.8 Å². The molecule has 4 heteroatoms. The highest BCUT2D eigenvalue weighted by molar-refractivity contribution is 5.89. The molecule has 26 heavy (non-hydrogen) atoms. The number of methoxy groups -OCH3 is 1. The molecule has 3 rings (SSSR count). The number of carbonyl (C=O) groups excluding carboxylic acids is 1. The van der Waals surface area contributed by atoms with Gasteiger partial charge in [0.1, 0.15) is 32.7 Å². The van der Waals surface area contributed by atoms with Crippen molar-refractivity contribution in [1.29, 1.82) is 0 Å². The van der Waals surface area contributed by atoms with E-state index in [0.717, 1.165) is 13.1 Å². The number of carbonyl (C=O) groups is 1. The molecule has 0 saturated carbocycles. The number of benzene rings is 2. The highest BCUT2D eigenvalue weighted by Gasteiger charge is 2.22. The number of hydrogen-bond donors (Lipinski definition) is 2. The molecule has 0 unspecified atom stereocenters. The quantitative estimate of drug-likeness (QED) is 0.742. The summed E-state index contributed by atoms with van der Waals surface area (Å²) in [6, 6.07) is 18.3. The van der Waals surface area contributed by atoms with Crippen molar-refractivity contribution in [2.45, 2.75) is 6.54 Å². The Hall–Kier alpha value is -2.43. The van der Waals surface area contributed by atoms with E-state index < -0.39 is 0 Å². The van der Waals surface area contributed by atoms with Crippen LogP contribution >= 0.6 is 0 Å². The highest BCUT2D eigenvalue weighted by Crippen LogP contribution is 2.04. The molecule has 1 saturated heterocycles. The minimum atomic E-state index is -0.273. The van der Waals surface area contributed by atoms with Crippen LogP contribution in [0.25, 0.3) is 6.08 Å². The van der Waals surface area contributed by atoms with Crippen LogP contribution in [0.3, 0.4) is 0 Å². The van der Waals surface area contributed by atoms with E-state index in [4.69, 9.17) is 4.74 Å². The van der Waals surface area contributed by atoms with Crippen LogP contribution in [0.2, 0.25) is 0 Å². The van der Waals surface area contributed by atoms with E-state index in [-0.39, 0.29) is 5.97 Å². The summed E-state index contributed by atoms with van der Waals surface area (Å²) in [6.45, 7) is 6.90. The maximum absolute atomic E-state index is 11.5. The van der Waals surface area contributed by atoms with E-state index in [2.05, 4.69) is 36.4 Å². The number of hydrogen-bond acceptors (Lipinski definition) is 2. The molecule has 2 aromatic rings. The largest absolute Gasteiger partial charge is 0.465 e. The molecular formula is C22H28N2O2+2. The van der Waals surface area contributed by atoms with Gasteiger partial charge in [-0.2, -0.15) is 0 Å². The van der Waals surface area contributed by atoms with E-state index in [1.807, 2.05) is 30.3 Å². The van der Waals surface area contributed by atoms with Crippen LogP contribution in [0.4, 0.5) is 0 Å². The lowest BCUT2D eigenvalue weighted by atomic mass is 10.1. The summed E-state index contributed by atoms with van der Waals surface area (Å²) in [6.07, 6.45) is 4.51. The van der Waals surface area contributed by atoms with Crippen molar-refractivity contribution >= 4 is 12.0 Å². The number of quaternary nitrogens is 2. The maximum Gasteiger partial charge on any atom is 0.337 e. The van der Waals surface area contributed by atoms with Crippen molar-refractivity contribution in [3.63, 3.8) is 0 Å². The number of nitrogens with one attached hydrogen (secondary N) is 2. The van der Waals surface area contributed by atoms with Gasteiger partial charge in [0, 0.05) is 5.56 Å². The average Bonchev–Trinajstić information content (AvgIpc) is 2.70. The van der Waals surface area contributed by atoms with Gasteiger partial charge in [-0.3, -0.25) is 0 Å². The zero-order chi connectivity index (χ0) is 18.2. The Morgan fingerprint density at radius 1 is 0.962 bits per heavy atom. The average molecular weight is 352 g/mol. The molecular weight excluding hydrogens is 324 g/mol. The zero-order valence-electron chi connectivity index (χ0n) is 15.4. The molecule has 1 aliphatic rings. The monoisotopic (exact) mass is 352 g/mol. The Kier molecular flexibility index (Phi) is 6.58. The first-order chi connectivity index (χ1) is 12.7. The number of piperazine rings is 1. The first-order valence-electron chi connectivity index (χ1n) is 9.30. The Labute approximate surface area is 155 Å². The molecule has 4 nitrogen and oxygen atoms in total. The molecule has 0 radical (unpaired) electrons. The summed E-state index contributed by atoms with van der Waals surface area (Å²) in [5.74, 6) is -0.273. The minimum Gasteiger partial charge on any atom is -0.465 e. The molecule has 1 heterocycles. The molecule has 0 aliphatic carbocycles. The zero-order valence-corrected chi connectivity index (χ0v) is 15.4. The summed E-state index contributed by atoms with van der Waals surface area (Å²) >= 11 is 0. The van der Waals surface area contributed by atoms with Gasteiger partial charge in [-0.25, -0.2) is 4.79 Å². The number of rotatable bonds is 6. The van der Waals surface area contributed by atoms with E-state index in [9.17, 15) is 4.79 Å². The third-order valence-electron chi connectivity index (χ3n) is 5.01. The van der Waals surface area contributed by atoms with Crippen LogP contribution in [-0.2, 0) is 11.3 Å². The Morgan fingerprint density at radius 3 is 2.27 bits per heavy atom. The molecule has 1 aliphatic heterocycles. The SMILES string of the molecule is COC(=O)c1ccc(C[NH+]2CC[NH+](C/C=C/c3ccccc3)CC2)cc1. The standard InChI is InChI=1S/C22H26N2O2/c1-26-22(25)21-11-9-20(10-12-21)18-24-16-14-23(15-17-24)13-5-8-19-6-3-2-4-7-19/h2-12H,13-18H2,1H3/p+2/b8-5+. The van der Waals surface area contributed by atoms with Gasteiger partial charge in [-0.15, -0.1) is 0 Å². The van der Waals surface area contributed by atoms with Crippen molar-refractivity contribution in [2.24, 2.45) is 0 Å². The third kappa shape index (κ3) is 5.28. The van der Waals surface area contributed by atoms with Crippen LogP contribution < -0.4 is 9.80 Å². The van der Waals surface area contributed by atoms with Crippen molar-refractivity contribution in [2.75, 3.05) is 39.8 Å². The van der Waals surface area contributed by atoms with E-state index in [0.29, 0.717) is 5.56 Å². The second kappa shape index (κ2) is 9.32. The molecule has 136 valence electrons. The molecule has 2 aromatic carbocycles. The minimum absolute atomic E-state index is 0.273. The van der Waals surface area contributed by atoms with Crippen LogP contribution in [0.15, 0.2) is 60.7 Å². The fourth-order valence-electron chi connectivity index (χ4n) is 3.43. The van der Waals surface area contributed by atoms with Crippen LogP contribution in [0.5, 0.6) is 0 Å². The lowest BCUT2D eigenvalue weighted by Gasteiger charge is -2.29. The van der Waals surface area contributed by atoms with Crippen molar-refractivity contribution in [3.8, 4) is 0 Å². The summed E-state index contributed by atoms with van der Waals surface area (Å²) in [5.41, 5.74) is 3.16. The van der Waals surface area contributed by atoms with Crippen LogP contribution in [0, 0.1) is 0 Å². The molecule has 0 aromatic heterocycles. The second-order valence-corrected chi connectivity index (χ2v) is 6.88. The first kappa shape index (κ1) is 18.4. The van der Waals surface area contributed by atoms with Gasteiger partial charge in [0.15, 0.2) is 0 Å². The molecule has 0 bridgehead atoms. The van der Waals surface area contributed by atoms with Gasteiger partial charge in [-0.1, -0.05) is 48.5 Å². The van der Waals surface area contributed by atoms with Crippen molar-refractivity contribution in [1.82, 2.24) is 0 Å². The van der Waals surface area contributed by atoms with Gasteiger partial charge in [-0.05, 0) is 23.8 Å². The first-order valence-corrected chi connectivity index (χ1v) is 9.30. The second-order valence-electron chi connectivity index (χ2n) is 6.88. The topological polar surface area (TPSA) is 35.2 Å². The predicted molar refractivity (Wildman–Crippen MR) is 103 cm³/mol. The third-order valence-corrected chi connectivity index (χ3v) is 5.01. The van der Waals surface area contributed by atoms with Gasteiger partial charge in [0.2, 0.25) is 0 Å². The van der Waals surface area contributed by atoms with Crippen molar-refractivity contribution in [3.05, 3.63) is 77.4 Å². The van der Waals surface area contributed by atoms with Gasteiger partial charge < -0.3 is 14.5 Å².